The van der Waals surface area contributed by atoms with Gasteiger partial charge in [-0.05, 0) is 24.3 Å². The molecule has 0 amide bonds. The third-order valence-corrected chi connectivity index (χ3v) is 2.64. The number of phenols is 1. The number of phenolic OH excluding ortho intramolecular Hbond substituents is 1. The number of hydrogen-bond donors (Lipinski definition) is 2. The molecule has 0 unspecified atom stereocenters. The van der Waals surface area contributed by atoms with E-state index in [1.54, 1.807) is 29.1 Å². The Morgan fingerprint density at radius 1 is 1.32 bits per heavy atom. The molecule has 0 saturated carbocycles. The van der Waals surface area contributed by atoms with Gasteiger partial charge in [0.05, 0.1) is 5.69 Å². The van der Waals surface area contributed by atoms with Crippen molar-refractivity contribution in [1.82, 2.24) is 19.9 Å². The molecule has 7 heteroatoms. The Balaban J connectivity index is 1.98. The first-order chi connectivity index (χ1) is 9.13. The average molecular weight is 257 g/mol. The van der Waals surface area contributed by atoms with E-state index in [-0.39, 0.29) is 11.4 Å². The van der Waals surface area contributed by atoms with Crippen LogP contribution in [0.1, 0.15) is 0 Å². The molecule has 0 atom stereocenters. The van der Waals surface area contributed by atoms with Gasteiger partial charge in [-0.15, -0.1) is 0 Å². The summed E-state index contributed by atoms with van der Waals surface area (Å²) in [6.07, 6.45) is 1.80. The predicted octanol–water partition coefficient (Wildman–Crippen LogP) is 1.42. The van der Waals surface area contributed by atoms with Crippen LogP contribution >= 0.6 is 0 Å². The number of nitrogens with zero attached hydrogens (tertiary/aromatic N) is 4. The number of aryl methyl sites for hydroxylation is 1. The summed E-state index contributed by atoms with van der Waals surface area (Å²) in [6.45, 7) is 0. The predicted molar refractivity (Wildman–Crippen MR) is 68.0 cm³/mol. The Morgan fingerprint density at radius 3 is 2.84 bits per heavy atom. The minimum Gasteiger partial charge on any atom is -0.506 e. The highest BCUT2D eigenvalue weighted by Gasteiger charge is 2.13. The second-order valence-electron chi connectivity index (χ2n) is 4.07. The summed E-state index contributed by atoms with van der Waals surface area (Å²) in [7, 11) is 1.81. The molecule has 3 N–H and O–H groups in total. The molecule has 19 heavy (non-hydrogen) atoms. The van der Waals surface area contributed by atoms with Crippen LogP contribution in [0.15, 0.2) is 35.0 Å². The largest absolute Gasteiger partial charge is 0.506 e. The van der Waals surface area contributed by atoms with Gasteiger partial charge in [0.15, 0.2) is 0 Å². The van der Waals surface area contributed by atoms with E-state index >= 15 is 0 Å². The van der Waals surface area contributed by atoms with E-state index in [0.29, 0.717) is 23.0 Å². The maximum Gasteiger partial charge on any atom is 0.258 e. The zero-order valence-corrected chi connectivity index (χ0v) is 10.1. The van der Waals surface area contributed by atoms with Crippen LogP contribution in [-0.2, 0) is 7.05 Å². The van der Waals surface area contributed by atoms with E-state index in [1.807, 2.05) is 7.05 Å². The smallest absolute Gasteiger partial charge is 0.258 e. The van der Waals surface area contributed by atoms with Crippen LogP contribution in [-0.4, -0.2) is 25.0 Å². The first-order valence-corrected chi connectivity index (χ1v) is 5.56. The van der Waals surface area contributed by atoms with Crippen molar-refractivity contribution in [2.75, 3.05) is 5.73 Å². The zero-order chi connectivity index (χ0) is 13.4. The molecule has 0 saturated heterocycles. The number of benzene rings is 1. The second-order valence-corrected chi connectivity index (χ2v) is 4.07. The van der Waals surface area contributed by atoms with E-state index in [2.05, 4.69) is 15.2 Å². The molecular formula is C12H11N5O2. The molecule has 2 heterocycles. The lowest BCUT2D eigenvalue weighted by molar-refractivity contribution is 0.432. The third kappa shape index (κ3) is 2.01. The molecule has 0 aliphatic rings. The van der Waals surface area contributed by atoms with E-state index in [9.17, 15) is 5.11 Å². The number of rotatable bonds is 2. The number of hydrogen-bond acceptors (Lipinski definition) is 6. The summed E-state index contributed by atoms with van der Waals surface area (Å²) in [4.78, 5) is 4.24. The van der Waals surface area contributed by atoms with E-state index < -0.39 is 0 Å². The van der Waals surface area contributed by atoms with Gasteiger partial charge >= 0.3 is 0 Å². The number of aromatic nitrogens is 4. The summed E-state index contributed by atoms with van der Waals surface area (Å²) in [5.74, 6) is 0.753. The topological polar surface area (TPSA) is 103 Å². The van der Waals surface area contributed by atoms with Crippen LogP contribution in [0.5, 0.6) is 5.75 Å². The SMILES string of the molecule is Cn1ccc(-c2noc(-c3ccc(O)c(N)c3)n2)n1. The van der Waals surface area contributed by atoms with Crippen molar-refractivity contribution in [3.05, 3.63) is 30.5 Å². The van der Waals surface area contributed by atoms with Crippen molar-refractivity contribution in [2.45, 2.75) is 0 Å². The molecule has 0 bridgehead atoms. The summed E-state index contributed by atoms with van der Waals surface area (Å²) >= 11 is 0. The molecule has 2 aromatic heterocycles. The molecule has 0 spiro atoms. The first kappa shape index (κ1) is 11.3. The standard InChI is InChI=1S/C12H11N5O2/c1-17-5-4-9(15-17)11-14-12(19-16-11)7-2-3-10(18)8(13)6-7/h2-6,18H,13H2,1H3. The van der Waals surface area contributed by atoms with Crippen LogP contribution in [0.3, 0.4) is 0 Å². The quantitative estimate of drug-likeness (QED) is 0.531. The highest BCUT2D eigenvalue weighted by Crippen LogP contribution is 2.27. The van der Waals surface area contributed by atoms with Crippen LogP contribution in [0.25, 0.3) is 23.0 Å². The number of nitrogens with two attached hydrogens (primary N) is 1. The average Bonchev–Trinajstić information content (AvgIpc) is 3.01. The normalized spacial score (nSPS) is 10.8. The fourth-order valence-electron chi connectivity index (χ4n) is 1.67. The maximum atomic E-state index is 9.37. The monoisotopic (exact) mass is 257 g/mol. The van der Waals surface area contributed by atoms with Crippen molar-refractivity contribution in [3.8, 4) is 28.7 Å². The fourth-order valence-corrected chi connectivity index (χ4v) is 1.67. The molecule has 3 aromatic rings. The van der Waals surface area contributed by atoms with Gasteiger partial charge in [0.2, 0.25) is 5.82 Å². The van der Waals surface area contributed by atoms with Gasteiger partial charge in [0, 0.05) is 18.8 Å². The van der Waals surface area contributed by atoms with Gasteiger partial charge < -0.3 is 15.4 Å². The minimum atomic E-state index is 0.0215. The number of anilines is 1. The molecule has 3 rings (SSSR count). The lowest BCUT2D eigenvalue weighted by atomic mass is 10.2. The molecular weight excluding hydrogens is 246 g/mol. The minimum absolute atomic E-state index is 0.0215. The maximum absolute atomic E-state index is 9.37. The van der Waals surface area contributed by atoms with Gasteiger partial charge in [-0.1, -0.05) is 5.16 Å². The van der Waals surface area contributed by atoms with Crippen molar-refractivity contribution < 1.29 is 9.63 Å². The first-order valence-electron chi connectivity index (χ1n) is 5.56. The molecule has 0 fully saturated rings. The van der Waals surface area contributed by atoms with Crippen LogP contribution in [0, 0.1) is 0 Å². The Hall–Kier alpha value is -2.83. The third-order valence-electron chi connectivity index (χ3n) is 2.64. The van der Waals surface area contributed by atoms with Crippen molar-refractivity contribution >= 4 is 5.69 Å². The van der Waals surface area contributed by atoms with E-state index in [0.717, 1.165) is 0 Å². The molecule has 1 aromatic carbocycles. The van der Waals surface area contributed by atoms with Gasteiger partial charge in [-0.2, -0.15) is 10.1 Å². The van der Waals surface area contributed by atoms with Crippen LogP contribution in [0.2, 0.25) is 0 Å². The molecule has 0 aliphatic carbocycles. The Bertz CT molecular complexity index is 731. The van der Waals surface area contributed by atoms with Crippen molar-refractivity contribution in [1.29, 1.82) is 0 Å². The summed E-state index contributed by atoms with van der Waals surface area (Å²) in [5, 5.41) is 17.4. The number of aromatic hydroxyl groups is 1. The van der Waals surface area contributed by atoms with Gasteiger partial charge in [0.1, 0.15) is 11.4 Å². The summed E-state index contributed by atoms with van der Waals surface area (Å²) < 4.78 is 6.82. The Morgan fingerprint density at radius 2 is 2.16 bits per heavy atom. The van der Waals surface area contributed by atoms with E-state index in [1.165, 1.54) is 6.07 Å². The van der Waals surface area contributed by atoms with Crippen molar-refractivity contribution in [3.63, 3.8) is 0 Å². The zero-order valence-electron chi connectivity index (χ0n) is 10.1. The van der Waals surface area contributed by atoms with Gasteiger partial charge in [0.25, 0.3) is 5.89 Å². The van der Waals surface area contributed by atoms with E-state index in [4.69, 9.17) is 10.3 Å². The molecule has 7 nitrogen and oxygen atoms in total. The summed E-state index contributed by atoms with van der Waals surface area (Å²) in [6, 6.07) is 6.50. The van der Waals surface area contributed by atoms with Crippen molar-refractivity contribution in [2.24, 2.45) is 7.05 Å². The Kier molecular flexibility index (Phi) is 2.45. The highest BCUT2D eigenvalue weighted by molar-refractivity contribution is 5.65. The highest BCUT2D eigenvalue weighted by atomic mass is 16.5. The van der Waals surface area contributed by atoms with Gasteiger partial charge in [-0.25, -0.2) is 0 Å². The molecule has 96 valence electrons. The lowest BCUT2D eigenvalue weighted by Gasteiger charge is -1.99. The summed E-state index contributed by atoms with van der Waals surface area (Å²) in [5.41, 5.74) is 7.16. The van der Waals surface area contributed by atoms with Crippen LogP contribution < -0.4 is 5.73 Å². The second kappa shape index (κ2) is 4.13. The Labute approximate surface area is 108 Å². The number of nitrogen functional groups attached to an aromatic ring is 1. The fraction of sp³-hybridized carbons (Fsp3) is 0.0833. The molecule has 0 radical (unpaired) electrons. The van der Waals surface area contributed by atoms with Gasteiger partial charge in [-0.3, -0.25) is 4.68 Å². The van der Waals surface area contributed by atoms with Crippen LogP contribution in [0.4, 0.5) is 5.69 Å². The lowest BCUT2D eigenvalue weighted by Crippen LogP contribution is -1.89. The molecule has 0 aliphatic heterocycles.